The number of ether oxygens (including phenoxy) is 1. The first kappa shape index (κ1) is 19.4. The molecule has 1 fully saturated rings. The molecule has 0 aliphatic carbocycles. The highest BCUT2D eigenvalue weighted by Crippen LogP contribution is 2.23. The summed E-state index contributed by atoms with van der Waals surface area (Å²) in [4.78, 5) is 12.6. The minimum atomic E-state index is -3.69. The van der Waals surface area contributed by atoms with E-state index < -0.39 is 10.0 Å². The van der Waals surface area contributed by atoms with Crippen LogP contribution in [0.5, 0.6) is 0 Å². The molecule has 0 aromatic heterocycles. The van der Waals surface area contributed by atoms with Crippen molar-refractivity contribution in [2.24, 2.45) is 0 Å². The van der Waals surface area contributed by atoms with E-state index in [-0.39, 0.29) is 16.9 Å². The first-order valence-corrected chi connectivity index (χ1v) is 10.4. The fourth-order valence-electron chi connectivity index (χ4n) is 2.96. The zero-order valence-electron chi connectivity index (χ0n) is 15.5. The van der Waals surface area contributed by atoms with Crippen molar-refractivity contribution in [3.63, 3.8) is 0 Å². The maximum Gasteiger partial charge on any atom is 0.264 e. The van der Waals surface area contributed by atoms with Gasteiger partial charge in [0.05, 0.1) is 16.7 Å². The van der Waals surface area contributed by atoms with E-state index in [0.29, 0.717) is 17.8 Å². The van der Waals surface area contributed by atoms with Crippen molar-refractivity contribution >= 4 is 21.6 Å². The lowest BCUT2D eigenvalue weighted by molar-refractivity contribution is 0.0858. The predicted octanol–water partition coefficient (Wildman–Crippen LogP) is 2.73. The van der Waals surface area contributed by atoms with Crippen LogP contribution in [0.2, 0.25) is 0 Å². The number of sulfonamides is 1. The van der Waals surface area contributed by atoms with Crippen LogP contribution in [0.25, 0.3) is 0 Å². The smallest absolute Gasteiger partial charge is 0.264 e. The normalized spacial score (nSPS) is 16.9. The Hall–Kier alpha value is -2.38. The monoisotopic (exact) mass is 388 g/mol. The van der Waals surface area contributed by atoms with Crippen LogP contribution in [0.4, 0.5) is 5.69 Å². The highest BCUT2D eigenvalue weighted by Gasteiger charge is 2.22. The first-order valence-electron chi connectivity index (χ1n) is 8.93. The van der Waals surface area contributed by atoms with E-state index in [4.69, 9.17) is 4.74 Å². The number of hydrogen-bond acceptors (Lipinski definition) is 4. The molecule has 7 heteroatoms. The Morgan fingerprint density at radius 2 is 1.96 bits per heavy atom. The molecule has 1 amide bonds. The lowest BCUT2D eigenvalue weighted by Crippen LogP contribution is -2.32. The first-order chi connectivity index (χ1) is 12.9. The summed E-state index contributed by atoms with van der Waals surface area (Å²) in [6, 6.07) is 13.3. The molecule has 2 aromatic carbocycles. The van der Waals surface area contributed by atoms with Crippen molar-refractivity contribution in [3.05, 3.63) is 59.7 Å². The lowest BCUT2D eigenvalue weighted by Gasteiger charge is -2.20. The lowest BCUT2D eigenvalue weighted by atomic mass is 10.2. The van der Waals surface area contributed by atoms with Gasteiger partial charge in [-0.2, -0.15) is 0 Å². The second kappa shape index (κ2) is 8.10. The number of hydrogen-bond donors (Lipinski definition) is 1. The standard InChI is InChI=1S/C20H24N2O4S/c1-15-8-10-19(11-9-15)27(24,25)22(2)17-6-3-5-16(13-17)20(23)21-14-18-7-4-12-26-18/h3,5-6,8-11,13,18H,4,7,12,14H2,1-2H3,(H,21,23). The molecule has 6 nitrogen and oxygen atoms in total. The zero-order valence-corrected chi connectivity index (χ0v) is 16.3. The van der Waals surface area contributed by atoms with Crippen molar-refractivity contribution in [1.29, 1.82) is 0 Å². The second-order valence-electron chi connectivity index (χ2n) is 6.68. The Morgan fingerprint density at radius 1 is 1.22 bits per heavy atom. The maximum atomic E-state index is 12.8. The molecular formula is C20H24N2O4S. The number of benzene rings is 2. The van der Waals surface area contributed by atoms with Gasteiger partial charge in [0.1, 0.15) is 0 Å². The van der Waals surface area contributed by atoms with Crippen molar-refractivity contribution in [2.45, 2.75) is 30.8 Å². The van der Waals surface area contributed by atoms with E-state index in [1.807, 2.05) is 6.92 Å². The Kier molecular flexibility index (Phi) is 5.82. The molecule has 2 aromatic rings. The summed E-state index contributed by atoms with van der Waals surface area (Å²) in [6.07, 6.45) is 2.01. The minimum Gasteiger partial charge on any atom is -0.376 e. The fraction of sp³-hybridized carbons (Fsp3) is 0.350. The fourth-order valence-corrected chi connectivity index (χ4v) is 4.15. The predicted molar refractivity (Wildman–Crippen MR) is 105 cm³/mol. The van der Waals surface area contributed by atoms with Gasteiger partial charge >= 0.3 is 0 Å². The summed E-state index contributed by atoms with van der Waals surface area (Å²) in [7, 11) is -2.21. The molecule has 1 aliphatic rings. The van der Waals surface area contributed by atoms with Gasteiger partial charge in [0.15, 0.2) is 0 Å². The number of rotatable bonds is 6. The third kappa shape index (κ3) is 4.48. The van der Waals surface area contributed by atoms with Gasteiger partial charge < -0.3 is 10.1 Å². The van der Waals surface area contributed by atoms with Gasteiger partial charge in [0, 0.05) is 25.8 Å². The van der Waals surface area contributed by atoms with Gasteiger partial charge in [0.2, 0.25) is 0 Å². The van der Waals surface area contributed by atoms with Crippen LogP contribution < -0.4 is 9.62 Å². The van der Waals surface area contributed by atoms with Gasteiger partial charge in [0.25, 0.3) is 15.9 Å². The Labute approximate surface area is 160 Å². The molecule has 1 atom stereocenters. The number of amides is 1. The SMILES string of the molecule is Cc1ccc(S(=O)(=O)N(C)c2cccc(C(=O)NCC3CCCO3)c2)cc1. The molecule has 27 heavy (non-hydrogen) atoms. The van der Waals surface area contributed by atoms with Gasteiger partial charge in [-0.1, -0.05) is 23.8 Å². The third-order valence-electron chi connectivity index (χ3n) is 4.67. The quantitative estimate of drug-likeness (QED) is 0.826. The highest BCUT2D eigenvalue weighted by atomic mass is 32.2. The molecule has 0 bridgehead atoms. The number of aryl methyl sites for hydroxylation is 1. The molecule has 3 rings (SSSR count). The Balaban J connectivity index is 1.75. The molecule has 1 saturated heterocycles. The van der Waals surface area contributed by atoms with E-state index in [1.165, 1.54) is 11.4 Å². The Morgan fingerprint density at radius 3 is 2.63 bits per heavy atom. The van der Waals surface area contributed by atoms with E-state index in [2.05, 4.69) is 5.32 Å². The molecule has 1 N–H and O–H groups in total. The summed E-state index contributed by atoms with van der Waals surface area (Å²) < 4.78 is 32.4. The third-order valence-corrected chi connectivity index (χ3v) is 6.47. The zero-order chi connectivity index (χ0) is 19.4. The number of anilines is 1. The van der Waals surface area contributed by atoms with Crippen LogP contribution in [-0.4, -0.2) is 40.6 Å². The van der Waals surface area contributed by atoms with Crippen molar-refractivity contribution < 1.29 is 17.9 Å². The molecule has 0 radical (unpaired) electrons. The van der Waals surface area contributed by atoms with E-state index in [0.717, 1.165) is 25.0 Å². The van der Waals surface area contributed by atoms with Gasteiger partial charge in [-0.05, 0) is 50.1 Å². The maximum absolute atomic E-state index is 12.8. The summed E-state index contributed by atoms with van der Waals surface area (Å²) in [5, 5.41) is 2.85. The molecule has 1 unspecified atom stereocenters. The van der Waals surface area contributed by atoms with Crippen LogP contribution in [0.3, 0.4) is 0 Å². The van der Waals surface area contributed by atoms with Gasteiger partial charge in [-0.15, -0.1) is 0 Å². The summed E-state index contributed by atoms with van der Waals surface area (Å²) in [5.41, 5.74) is 1.83. The van der Waals surface area contributed by atoms with Crippen molar-refractivity contribution in [2.75, 3.05) is 24.5 Å². The number of carbonyl (C=O) groups excluding carboxylic acids is 1. The minimum absolute atomic E-state index is 0.0571. The second-order valence-corrected chi connectivity index (χ2v) is 8.65. The van der Waals surface area contributed by atoms with Gasteiger partial charge in [-0.3, -0.25) is 9.10 Å². The van der Waals surface area contributed by atoms with Crippen LogP contribution in [0.15, 0.2) is 53.4 Å². The van der Waals surface area contributed by atoms with Crippen LogP contribution in [0, 0.1) is 6.92 Å². The summed E-state index contributed by atoms with van der Waals surface area (Å²) in [6.45, 7) is 3.09. The van der Waals surface area contributed by atoms with Crippen molar-refractivity contribution in [1.82, 2.24) is 5.32 Å². The largest absolute Gasteiger partial charge is 0.376 e. The molecule has 0 spiro atoms. The summed E-state index contributed by atoms with van der Waals surface area (Å²) in [5.74, 6) is -0.242. The van der Waals surface area contributed by atoms with Crippen molar-refractivity contribution in [3.8, 4) is 0 Å². The number of nitrogens with one attached hydrogen (secondary N) is 1. The average molecular weight is 388 g/mol. The molecular weight excluding hydrogens is 364 g/mol. The summed E-state index contributed by atoms with van der Waals surface area (Å²) >= 11 is 0. The molecule has 1 aliphatic heterocycles. The number of nitrogens with zero attached hydrogens (tertiary/aromatic N) is 1. The molecule has 144 valence electrons. The molecule has 1 heterocycles. The van der Waals surface area contributed by atoms with Crippen LogP contribution >= 0.6 is 0 Å². The van der Waals surface area contributed by atoms with Crippen LogP contribution in [-0.2, 0) is 14.8 Å². The van der Waals surface area contributed by atoms with Gasteiger partial charge in [-0.25, -0.2) is 8.42 Å². The van der Waals surface area contributed by atoms with E-state index >= 15 is 0 Å². The van der Waals surface area contributed by atoms with E-state index in [9.17, 15) is 13.2 Å². The topological polar surface area (TPSA) is 75.7 Å². The average Bonchev–Trinajstić information content (AvgIpc) is 3.19. The van der Waals surface area contributed by atoms with Crippen LogP contribution in [0.1, 0.15) is 28.8 Å². The highest BCUT2D eigenvalue weighted by molar-refractivity contribution is 7.92. The number of carbonyl (C=O) groups is 1. The Bertz CT molecular complexity index is 904. The van der Waals surface area contributed by atoms with E-state index in [1.54, 1.807) is 48.5 Å². The molecule has 0 saturated carbocycles.